The molecule has 0 heterocycles. The quantitative estimate of drug-likeness (QED) is 0.447. The Hall–Kier alpha value is -1.76. The Morgan fingerprint density at radius 2 is 1.97 bits per heavy atom. The molecule has 0 aliphatic heterocycles. The van der Waals surface area contributed by atoms with E-state index in [1.807, 2.05) is 0 Å². The van der Waals surface area contributed by atoms with Gasteiger partial charge in [0.05, 0.1) is 24.7 Å². The Kier molecular flexibility index (Phi) is 6.94. The lowest BCUT2D eigenvalue weighted by atomic mass is 9.54. The Bertz CT molecular complexity index is 793. The summed E-state index contributed by atoms with van der Waals surface area (Å²) in [7, 11) is 1.47. The normalized spacial score (nSPS) is 30.7. The maximum absolute atomic E-state index is 13.0. The lowest BCUT2D eigenvalue weighted by molar-refractivity contribution is -0.163. The summed E-state index contributed by atoms with van der Waals surface area (Å²) in [6.07, 6.45) is 0.952. The minimum absolute atomic E-state index is 0.0972. The minimum Gasteiger partial charge on any atom is -0.494 e. The molecule has 0 spiro atoms. The second-order valence-electron chi connectivity index (χ2n) is 9.99. The Morgan fingerprint density at radius 1 is 1.23 bits per heavy atom. The van der Waals surface area contributed by atoms with Crippen LogP contribution in [0.3, 0.4) is 0 Å². The smallest absolute Gasteiger partial charge is 0.416 e. The highest BCUT2D eigenvalue weighted by atomic mass is 19.4. The van der Waals surface area contributed by atoms with Crippen molar-refractivity contribution in [3.63, 3.8) is 0 Å². The van der Waals surface area contributed by atoms with Gasteiger partial charge >= 0.3 is 12.1 Å². The molecule has 174 valence electrons. The van der Waals surface area contributed by atoms with Crippen LogP contribution in [0.4, 0.5) is 13.2 Å². The van der Waals surface area contributed by atoms with E-state index in [9.17, 15) is 18.0 Å². The zero-order valence-corrected chi connectivity index (χ0v) is 18.9. The molecule has 2 aliphatic carbocycles. The maximum atomic E-state index is 13.0. The minimum atomic E-state index is -4.38. The van der Waals surface area contributed by atoms with Crippen LogP contribution < -0.4 is 10.1 Å². The number of hydrogen-bond donors (Lipinski definition) is 1. The fourth-order valence-electron chi connectivity index (χ4n) is 6.03. The molecular formula is C24H34F3NO3. The van der Waals surface area contributed by atoms with E-state index >= 15 is 0 Å². The summed E-state index contributed by atoms with van der Waals surface area (Å²) >= 11 is 0. The number of carbonyl (C=O) groups is 1. The van der Waals surface area contributed by atoms with Gasteiger partial charge < -0.3 is 14.8 Å². The molecule has 1 aromatic carbocycles. The molecule has 2 bridgehead atoms. The SMILES string of the molecule is COC(=O)C12CC(C)CC(CC(C)(NCCCOc3cc(C)cc(C(F)(F)F)c3)C1)C2. The van der Waals surface area contributed by atoms with Crippen LogP contribution in [0.2, 0.25) is 0 Å². The molecule has 0 amide bonds. The molecule has 3 rings (SSSR count). The van der Waals surface area contributed by atoms with Gasteiger partial charge in [-0.3, -0.25) is 4.79 Å². The monoisotopic (exact) mass is 441 g/mol. The van der Waals surface area contributed by atoms with Crippen molar-refractivity contribution in [1.29, 1.82) is 0 Å². The number of methoxy groups -OCH3 is 1. The standard InChI is InChI=1S/C24H34F3NO3/c1-16-9-19(24(25,26)27)11-20(10-16)31-7-5-6-28-22(3)13-18-8-17(2)12-23(14-18,15-22)21(29)30-4/h9-11,17-18,28H,5-8,12-15H2,1-4H3. The van der Waals surface area contributed by atoms with Crippen molar-refractivity contribution in [1.82, 2.24) is 5.32 Å². The maximum Gasteiger partial charge on any atom is 0.416 e. The summed E-state index contributed by atoms with van der Waals surface area (Å²) in [5, 5.41) is 3.61. The zero-order valence-electron chi connectivity index (χ0n) is 18.9. The van der Waals surface area contributed by atoms with Crippen molar-refractivity contribution in [2.24, 2.45) is 17.3 Å². The fraction of sp³-hybridized carbons (Fsp3) is 0.708. The van der Waals surface area contributed by atoms with Gasteiger partial charge in [-0.1, -0.05) is 6.92 Å². The summed E-state index contributed by atoms with van der Waals surface area (Å²) < 4.78 is 49.7. The predicted octanol–water partition coefficient (Wildman–Crippen LogP) is 5.52. The average molecular weight is 442 g/mol. The first kappa shape index (κ1) is 23.9. The third-order valence-corrected chi connectivity index (χ3v) is 6.76. The second kappa shape index (κ2) is 9.00. The van der Waals surface area contributed by atoms with E-state index in [2.05, 4.69) is 19.2 Å². The van der Waals surface area contributed by atoms with Gasteiger partial charge in [0, 0.05) is 5.54 Å². The molecule has 4 unspecified atom stereocenters. The lowest BCUT2D eigenvalue weighted by Crippen LogP contribution is -2.57. The summed E-state index contributed by atoms with van der Waals surface area (Å²) in [5.41, 5.74) is -0.747. The molecule has 1 N–H and O–H groups in total. The topological polar surface area (TPSA) is 47.6 Å². The molecule has 0 aromatic heterocycles. The van der Waals surface area contributed by atoms with Crippen LogP contribution in [0.1, 0.15) is 63.5 Å². The highest BCUT2D eigenvalue weighted by Gasteiger charge is 2.54. The highest BCUT2D eigenvalue weighted by molar-refractivity contribution is 5.77. The predicted molar refractivity (Wildman–Crippen MR) is 113 cm³/mol. The molecule has 31 heavy (non-hydrogen) atoms. The summed E-state index contributed by atoms with van der Waals surface area (Å²) in [6.45, 7) is 7.01. The number of ether oxygens (including phenoxy) is 2. The number of rotatable bonds is 7. The number of aryl methyl sites for hydroxylation is 1. The number of nitrogens with one attached hydrogen (secondary N) is 1. The molecule has 0 saturated heterocycles. The first-order chi connectivity index (χ1) is 14.4. The third kappa shape index (κ3) is 5.73. The van der Waals surface area contributed by atoms with E-state index in [-0.39, 0.29) is 17.3 Å². The summed E-state index contributed by atoms with van der Waals surface area (Å²) in [5.74, 6) is 1.16. The van der Waals surface area contributed by atoms with Crippen molar-refractivity contribution in [3.05, 3.63) is 29.3 Å². The summed E-state index contributed by atoms with van der Waals surface area (Å²) in [4.78, 5) is 12.6. The van der Waals surface area contributed by atoms with Crippen molar-refractivity contribution in [3.8, 4) is 5.75 Å². The van der Waals surface area contributed by atoms with Gasteiger partial charge in [0.1, 0.15) is 5.75 Å². The highest BCUT2D eigenvalue weighted by Crippen LogP contribution is 2.54. The number of benzene rings is 1. The van der Waals surface area contributed by atoms with Crippen molar-refractivity contribution >= 4 is 5.97 Å². The lowest BCUT2D eigenvalue weighted by Gasteiger charge is -2.53. The molecule has 0 radical (unpaired) electrons. The van der Waals surface area contributed by atoms with E-state index in [4.69, 9.17) is 9.47 Å². The number of hydrogen-bond acceptors (Lipinski definition) is 4. The van der Waals surface area contributed by atoms with E-state index in [0.717, 1.165) is 44.2 Å². The van der Waals surface area contributed by atoms with E-state index in [1.54, 1.807) is 13.0 Å². The Morgan fingerprint density at radius 3 is 2.65 bits per heavy atom. The fourth-order valence-corrected chi connectivity index (χ4v) is 6.03. The van der Waals surface area contributed by atoms with Crippen LogP contribution in [0.5, 0.6) is 5.75 Å². The van der Waals surface area contributed by atoms with Crippen molar-refractivity contribution < 1.29 is 27.4 Å². The van der Waals surface area contributed by atoms with Gasteiger partial charge in [-0.25, -0.2) is 0 Å². The largest absolute Gasteiger partial charge is 0.494 e. The van der Waals surface area contributed by atoms with Crippen LogP contribution in [0.25, 0.3) is 0 Å². The number of alkyl halides is 3. The molecule has 4 nitrogen and oxygen atoms in total. The first-order valence-electron chi connectivity index (χ1n) is 11.1. The zero-order chi connectivity index (χ0) is 22.9. The molecule has 1 aromatic rings. The van der Waals surface area contributed by atoms with Gasteiger partial charge in [-0.2, -0.15) is 13.2 Å². The van der Waals surface area contributed by atoms with Crippen LogP contribution >= 0.6 is 0 Å². The number of fused-ring (bicyclic) bond motifs is 2. The molecule has 2 fully saturated rings. The number of halogens is 3. The first-order valence-corrected chi connectivity index (χ1v) is 11.1. The van der Waals surface area contributed by atoms with Gasteiger partial charge in [0.15, 0.2) is 0 Å². The molecule has 7 heteroatoms. The second-order valence-corrected chi connectivity index (χ2v) is 9.99. The average Bonchev–Trinajstić information content (AvgIpc) is 2.64. The van der Waals surface area contributed by atoms with Crippen LogP contribution in [0.15, 0.2) is 18.2 Å². The van der Waals surface area contributed by atoms with Gasteiger partial charge in [-0.15, -0.1) is 0 Å². The van der Waals surface area contributed by atoms with Crippen LogP contribution in [-0.4, -0.2) is 31.8 Å². The Balaban J connectivity index is 1.54. The van der Waals surface area contributed by atoms with Gasteiger partial charge in [-0.05, 0) is 94.5 Å². The number of carbonyl (C=O) groups excluding carboxylic acids is 1. The number of esters is 1. The van der Waals surface area contributed by atoms with E-state index in [1.165, 1.54) is 7.11 Å². The van der Waals surface area contributed by atoms with Crippen molar-refractivity contribution in [2.75, 3.05) is 20.3 Å². The molecular weight excluding hydrogens is 407 g/mol. The van der Waals surface area contributed by atoms with Gasteiger partial charge in [0.2, 0.25) is 0 Å². The van der Waals surface area contributed by atoms with Crippen LogP contribution in [-0.2, 0) is 15.7 Å². The molecule has 4 atom stereocenters. The van der Waals surface area contributed by atoms with Crippen LogP contribution in [0, 0.1) is 24.2 Å². The van der Waals surface area contributed by atoms with Gasteiger partial charge in [0.25, 0.3) is 0 Å². The third-order valence-electron chi connectivity index (χ3n) is 6.76. The Labute approximate surface area is 182 Å². The van der Waals surface area contributed by atoms with E-state index in [0.29, 0.717) is 37.0 Å². The summed E-state index contributed by atoms with van der Waals surface area (Å²) in [6, 6.07) is 3.78. The molecule has 2 saturated carbocycles. The molecule has 2 aliphatic rings. The van der Waals surface area contributed by atoms with E-state index < -0.39 is 17.2 Å². The van der Waals surface area contributed by atoms with Crippen molar-refractivity contribution in [2.45, 2.75) is 71.0 Å².